The molecule has 0 radical (unpaired) electrons. The summed E-state index contributed by atoms with van der Waals surface area (Å²) >= 11 is 3.51. The number of hydrogen-bond donors (Lipinski definition) is 1. The summed E-state index contributed by atoms with van der Waals surface area (Å²) in [4.78, 5) is 0. The van der Waals surface area contributed by atoms with Crippen molar-refractivity contribution in [2.45, 2.75) is 20.0 Å². The van der Waals surface area contributed by atoms with Gasteiger partial charge in [0.15, 0.2) is 0 Å². The molecule has 2 aromatic carbocycles. The largest absolute Gasteiger partial charge is 0.468 e. The molecule has 0 unspecified atom stereocenters. The molecule has 4 rings (SSSR count). The number of halogens is 1. The minimum atomic E-state index is 0.639. The number of hydrogen-bond acceptors (Lipinski definition) is 3. The number of benzene rings is 2. The summed E-state index contributed by atoms with van der Waals surface area (Å²) in [6.45, 7) is 3.41. The molecule has 2 aromatic heterocycles. The second kappa shape index (κ2) is 6.90. The van der Waals surface area contributed by atoms with E-state index in [0.29, 0.717) is 13.1 Å². The van der Waals surface area contributed by atoms with Gasteiger partial charge in [0.2, 0.25) is 0 Å². The second-order valence-corrected chi connectivity index (χ2v) is 7.01. The van der Waals surface area contributed by atoms with Crippen molar-refractivity contribution in [3.8, 4) is 11.1 Å². The lowest BCUT2D eigenvalue weighted by molar-refractivity contribution is 0.462. The predicted octanol–water partition coefficient (Wildman–Crippen LogP) is 6.05. The van der Waals surface area contributed by atoms with Crippen molar-refractivity contribution in [1.82, 2.24) is 5.32 Å². The lowest BCUT2D eigenvalue weighted by Crippen LogP contribution is -2.12. The molecule has 0 aliphatic rings. The van der Waals surface area contributed by atoms with Gasteiger partial charge in [-0.3, -0.25) is 0 Å². The first kappa shape index (κ1) is 16.2. The topological polar surface area (TPSA) is 38.3 Å². The molecule has 126 valence electrons. The molecule has 0 fully saturated rings. The Hall–Kier alpha value is -2.30. The van der Waals surface area contributed by atoms with Gasteiger partial charge >= 0.3 is 0 Å². The number of furan rings is 2. The zero-order valence-electron chi connectivity index (χ0n) is 13.9. The third-order valence-electron chi connectivity index (χ3n) is 4.21. The van der Waals surface area contributed by atoms with Gasteiger partial charge in [-0.2, -0.15) is 0 Å². The molecule has 0 amide bonds. The summed E-state index contributed by atoms with van der Waals surface area (Å²) in [5.41, 5.74) is 4.44. The Morgan fingerprint density at radius 2 is 1.84 bits per heavy atom. The smallest absolute Gasteiger partial charge is 0.135 e. The van der Waals surface area contributed by atoms with E-state index in [9.17, 15) is 0 Å². The van der Waals surface area contributed by atoms with E-state index in [1.54, 1.807) is 6.26 Å². The van der Waals surface area contributed by atoms with Crippen LogP contribution in [0.5, 0.6) is 0 Å². The second-order valence-electron chi connectivity index (χ2n) is 6.09. The first-order valence-electron chi connectivity index (χ1n) is 8.22. The summed E-state index contributed by atoms with van der Waals surface area (Å²) in [5, 5.41) is 4.55. The molecule has 0 saturated heterocycles. The van der Waals surface area contributed by atoms with Crippen molar-refractivity contribution in [3.05, 3.63) is 82.4 Å². The van der Waals surface area contributed by atoms with E-state index < -0.39 is 0 Å². The molecule has 0 spiro atoms. The Morgan fingerprint density at radius 3 is 2.60 bits per heavy atom. The van der Waals surface area contributed by atoms with Crippen molar-refractivity contribution >= 4 is 26.9 Å². The average Bonchev–Trinajstić information content (AvgIpc) is 3.23. The molecular formula is C21H18BrNO2. The van der Waals surface area contributed by atoms with Gasteiger partial charge in [0.05, 0.1) is 19.4 Å². The van der Waals surface area contributed by atoms with Crippen molar-refractivity contribution in [1.29, 1.82) is 0 Å². The van der Waals surface area contributed by atoms with Crippen LogP contribution in [0.2, 0.25) is 0 Å². The van der Waals surface area contributed by atoms with Crippen LogP contribution in [0, 0.1) is 6.92 Å². The standard InChI is InChI=1S/C21H18BrNO2/c1-14-4-9-19-18(11-14)21(15-5-7-16(22)8-6-15)20(25-19)13-23-12-17-3-2-10-24-17/h2-11,23H,12-13H2,1H3. The fraction of sp³-hybridized carbons (Fsp3) is 0.143. The Labute approximate surface area is 154 Å². The van der Waals surface area contributed by atoms with E-state index in [0.717, 1.165) is 38.1 Å². The number of nitrogens with one attached hydrogen (secondary N) is 1. The monoisotopic (exact) mass is 395 g/mol. The predicted molar refractivity (Wildman–Crippen MR) is 103 cm³/mol. The minimum Gasteiger partial charge on any atom is -0.468 e. The SMILES string of the molecule is Cc1ccc2oc(CNCc3ccco3)c(-c3ccc(Br)cc3)c2c1. The maximum absolute atomic E-state index is 6.15. The third kappa shape index (κ3) is 3.41. The molecular weight excluding hydrogens is 378 g/mol. The third-order valence-corrected chi connectivity index (χ3v) is 4.74. The van der Waals surface area contributed by atoms with Crippen molar-refractivity contribution in [2.75, 3.05) is 0 Å². The van der Waals surface area contributed by atoms with E-state index in [1.165, 1.54) is 5.56 Å². The molecule has 3 nitrogen and oxygen atoms in total. The highest BCUT2D eigenvalue weighted by atomic mass is 79.9. The normalized spacial score (nSPS) is 11.3. The Kier molecular flexibility index (Phi) is 4.47. The fourth-order valence-corrected chi connectivity index (χ4v) is 3.30. The van der Waals surface area contributed by atoms with Crippen LogP contribution in [0.15, 0.2) is 74.2 Å². The highest BCUT2D eigenvalue weighted by Crippen LogP contribution is 2.36. The Balaban J connectivity index is 1.71. The van der Waals surface area contributed by atoms with Gasteiger partial charge in [-0.15, -0.1) is 0 Å². The number of fused-ring (bicyclic) bond motifs is 1. The maximum Gasteiger partial charge on any atom is 0.135 e. The van der Waals surface area contributed by atoms with Gasteiger partial charge in [0, 0.05) is 15.4 Å². The number of rotatable bonds is 5. The lowest BCUT2D eigenvalue weighted by Gasteiger charge is -2.05. The first-order chi connectivity index (χ1) is 12.2. The lowest BCUT2D eigenvalue weighted by atomic mass is 10.0. The summed E-state index contributed by atoms with van der Waals surface area (Å²) < 4.78 is 12.6. The van der Waals surface area contributed by atoms with E-state index >= 15 is 0 Å². The zero-order chi connectivity index (χ0) is 17.2. The fourth-order valence-electron chi connectivity index (χ4n) is 3.03. The molecule has 0 atom stereocenters. The molecule has 2 heterocycles. The molecule has 1 N–H and O–H groups in total. The van der Waals surface area contributed by atoms with Crippen LogP contribution in [-0.2, 0) is 13.1 Å². The zero-order valence-corrected chi connectivity index (χ0v) is 15.5. The van der Waals surface area contributed by atoms with Crippen molar-refractivity contribution in [3.63, 3.8) is 0 Å². The van der Waals surface area contributed by atoms with E-state index in [1.807, 2.05) is 18.2 Å². The summed E-state index contributed by atoms with van der Waals surface area (Å²) in [6, 6.07) is 18.5. The van der Waals surface area contributed by atoms with Crippen LogP contribution < -0.4 is 5.32 Å². The van der Waals surface area contributed by atoms with E-state index in [2.05, 4.69) is 64.6 Å². The molecule has 0 aliphatic heterocycles. The highest BCUT2D eigenvalue weighted by Gasteiger charge is 2.16. The van der Waals surface area contributed by atoms with Gasteiger partial charge < -0.3 is 14.2 Å². The first-order valence-corrected chi connectivity index (χ1v) is 9.01. The van der Waals surface area contributed by atoms with Gasteiger partial charge in [0.1, 0.15) is 17.1 Å². The molecule has 0 saturated carbocycles. The van der Waals surface area contributed by atoms with Crippen LogP contribution in [0.4, 0.5) is 0 Å². The summed E-state index contributed by atoms with van der Waals surface area (Å²) in [6.07, 6.45) is 1.69. The van der Waals surface area contributed by atoms with Crippen LogP contribution in [0.1, 0.15) is 17.1 Å². The molecule has 4 heteroatoms. The summed E-state index contributed by atoms with van der Waals surface area (Å²) in [5.74, 6) is 1.85. The van der Waals surface area contributed by atoms with Crippen molar-refractivity contribution < 1.29 is 8.83 Å². The minimum absolute atomic E-state index is 0.639. The van der Waals surface area contributed by atoms with E-state index in [-0.39, 0.29) is 0 Å². The van der Waals surface area contributed by atoms with Gasteiger partial charge in [-0.25, -0.2) is 0 Å². The average molecular weight is 396 g/mol. The molecule has 25 heavy (non-hydrogen) atoms. The Bertz CT molecular complexity index is 985. The molecule has 0 bridgehead atoms. The van der Waals surface area contributed by atoms with Gasteiger partial charge in [-0.1, -0.05) is 39.7 Å². The van der Waals surface area contributed by atoms with Crippen LogP contribution >= 0.6 is 15.9 Å². The van der Waals surface area contributed by atoms with Gasteiger partial charge in [-0.05, 0) is 48.9 Å². The van der Waals surface area contributed by atoms with E-state index in [4.69, 9.17) is 8.83 Å². The van der Waals surface area contributed by atoms with Gasteiger partial charge in [0.25, 0.3) is 0 Å². The molecule has 4 aromatic rings. The van der Waals surface area contributed by atoms with Crippen LogP contribution in [0.3, 0.4) is 0 Å². The number of aryl methyl sites for hydroxylation is 1. The summed E-state index contributed by atoms with van der Waals surface area (Å²) in [7, 11) is 0. The highest BCUT2D eigenvalue weighted by molar-refractivity contribution is 9.10. The van der Waals surface area contributed by atoms with Crippen LogP contribution in [-0.4, -0.2) is 0 Å². The van der Waals surface area contributed by atoms with Crippen molar-refractivity contribution in [2.24, 2.45) is 0 Å². The maximum atomic E-state index is 6.15. The quantitative estimate of drug-likeness (QED) is 0.446. The molecule has 0 aliphatic carbocycles. The Morgan fingerprint density at radius 1 is 1.00 bits per heavy atom. The van der Waals surface area contributed by atoms with Crippen LogP contribution in [0.25, 0.3) is 22.1 Å².